The standard InChI is InChI=1S/2C15H15NO4/c2*1-20-15(19)10-2-4-12(5-3-10)16-9-11-8-13(17)6-7-14(11)18/h2*2-8,16-18H,9H2,1H3. The number of phenolic OH excluding ortho intramolecular Hbond substituents is 4. The van der Waals surface area contributed by atoms with Crippen LogP contribution in [-0.2, 0) is 22.6 Å². The van der Waals surface area contributed by atoms with E-state index in [4.69, 9.17) is 0 Å². The number of anilines is 2. The Balaban J connectivity index is 0.000000220. The van der Waals surface area contributed by atoms with E-state index in [9.17, 15) is 30.0 Å². The number of ether oxygens (including phenoxy) is 2. The first-order valence-electron chi connectivity index (χ1n) is 12.1. The minimum Gasteiger partial charge on any atom is -0.508 e. The fourth-order valence-corrected chi connectivity index (χ4v) is 3.51. The Hall–Kier alpha value is -5.38. The van der Waals surface area contributed by atoms with Crippen molar-refractivity contribution >= 4 is 23.3 Å². The number of rotatable bonds is 8. The van der Waals surface area contributed by atoms with Crippen molar-refractivity contribution in [2.75, 3.05) is 24.9 Å². The van der Waals surface area contributed by atoms with Gasteiger partial charge in [-0.05, 0) is 84.9 Å². The summed E-state index contributed by atoms with van der Waals surface area (Å²) in [7, 11) is 2.66. The van der Waals surface area contributed by atoms with Crippen LogP contribution in [0.5, 0.6) is 23.0 Å². The number of carbonyl (C=O) groups excluding carboxylic acids is 2. The van der Waals surface area contributed by atoms with Gasteiger partial charge in [-0.3, -0.25) is 0 Å². The average Bonchev–Trinajstić information content (AvgIpc) is 2.98. The van der Waals surface area contributed by atoms with Crippen molar-refractivity contribution in [1.29, 1.82) is 0 Å². The van der Waals surface area contributed by atoms with Crippen LogP contribution in [0.4, 0.5) is 11.4 Å². The summed E-state index contributed by atoms with van der Waals surface area (Å²) >= 11 is 0. The number of hydrogen-bond donors (Lipinski definition) is 6. The van der Waals surface area contributed by atoms with Crippen LogP contribution in [0.3, 0.4) is 0 Å². The Labute approximate surface area is 231 Å². The molecular formula is C30H30N2O8. The Morgan fingerprint density at radius 2 is 0.925 bits per heavy atom. The van der Waals surface area contributed by atoms with E-state index in [0.29, 0.717) is 35.3 Å². The van der Waals surface area contributed by atoms with Crippen LogP contribution in [0, 0.1) is 0 Å². The molecule has 4 aromatic carbocycles. The summed E-state index contributed by atoms with van der Waals surface area (Å²) in [6.07, 6.45) is 0. The lowest BCUT2D eigenvalue weighted by Gasteiger charge is -2.09. The van der Waals surface area contributed by atoms with Crippen LogP contribution in [0.25, 0.3) is 0 Å². The first-order valence-corrected chi connectivity index (χ1v) is 12.1. The van der Waals surface area contributed by atoms with Gasteiger partial charge in [-0.15, -0.1) is 0 Å². The molecule has 4 aromatic rings. The molecule has 0 bridgehead atoms. The van der Waals surface area contributed by atoms with Crippen molar-refractivity contribution in [3.8, 4) is 23.0 Å². The minimum absolute atomic E-state index is 0.0978. The monoisotopic (exact) mass is 546 g/mol. The third kappa shape index (κ3) is 8.32. The Kier molecular flexibility index (Phi) is 10.2. The van der Waals surface area contributed by atoms with Gasteiger partial charge in [0, 0.05) is 35.6 Å². The molecule has 0 amide bonds. The van der Waals surface area contributed by atoms with E-state index in [1.807, 2.05) is 0 Å². The quantitative estimate of drug-likeness (QED) is 0.131. The topological polar surface area (TPSA) is 158 Å². The number of hydrogen-bond acceptors (Lipinski definition) is 10. The van der Waals surface area contributed by atoms with E-state index < -0.39 is 0 Å². The first-order chi connectivity index (χ1) is 19.2. The van der Waals surface area contributed by atoms with Crippen molar-refractivity contribution in [3.05, 3.63) is 107 Å². The first kappa shape index (κ1) is 29.2. The summed E-state index contributed by atoms with van der Waals surface area (Å²) in [5.74, 6) is -0.353. The lowest BCUT2D eigenvalue weighted by atomic mass is 10.1. The van der Waals surface area contributed by atoms with Gasteiger partial charge in [0.1, 0.15) is 23.0 Å². The third-order valence-electron chi connectivity index (χ3n) is 5.70. The number of carbonyl (C=O) groups is 2. The van der Waals surface area contributed by atoms with Crippen LogP contribution in [0.15, 0.2) is 84.9 Å². The van der Waals surface area contributed by atoms with Gasteiger partial charge in [-0.1, -0.05) is 0 Å². The van der Waals surface area contributed by atoms with E-state index in [1.54, 1.807) is 48.5 Å². The fourth-order valence-electron chi connectivity index (χ4n) is 3.51. The van der Waals surface area contributed by atoms with E-state index in [1.165, 1.54) is 50.6 Å². The summed E-state index contributed by atoms with van der Waals surface area (Å²) < 4.78 is 9.23. The second kappa shape index (κ2) is 14.0. The summed E-state index contributed by atoms with van der Waals surface area (Å²) in [4.78, 5) is 22.6. The zero-order valence-electron chi connectivity index (χ0n) is 21.9. The number of methoxy groups -OCH3 is 2. The largest absolute Gasteiger partial charge is 0.508 e. The molecule has 0 atom stereocenters. The molecule has 0 aromatic heterocycles. The highest BCUT2D eigenvalue weighted by Gasteiger charge is 2.07. The zero-order valence-corrected chi connectivity index (χ0v) is 21.9. The maximum absolute atomic E-state index is 11.3. The number of esters is 2. The molecule has 4 rings (SSSR count). The number of phenols is 4. The molecule has 0 radical (unpaired) electrons. The summed E-state index contributed by atoms with van der Waals surface area (Å²) in [5.41, 5.74) is 3.70. The van der Waals surface area contributed by atoms with Crippen molar-refractivity contribution < 1.29 is 39.5 Å². The molecule has 0 fully saturated rings. The lowest BCUT2D eigenvalue weighted by molar-refractivity contribution is 0.0592. The maximum Gasteiger partial charge on any atom is 0.337 e. The van der Waals surface area contributed by atoms with Crippen molar-refractivity contribution in [3.63, 3.8) is 0 Å². The predicted octanol–water partition coefficient (Wildman–Crippen LogP) is 4.99. The second-order valence-electron chi connectivity index (χ2n) is 8.47. The van der Waals surface area contributed by atoms with Crippen molar-refractivity contribution in [2.45, 2.75) is 13.1 Å². The van der Waals surface area contributed by atoms with Crippen LogP contribution in [0.1, 0.15) is 31.8 Å². The molecule has 0 unspecified atom stereocenters. The van der Waals surface area contributed by atoms with Gasteiger partial charge >= 0.3 is 11.9 Å². The molecule has 0 saturated heterocycles. The molecule has 10 heteroatoms. The van der Waals surface area contributed by atoms with Gasteiger partial charge in [0.15, 0.2) is 0 Å². The van der Waals surface area contributed by atoms with Crippen LogP contribution in [-0.4, -0.2) is 46.6 Å². The molecule has 0 spiro atoms. The second-order valence-corrected chi connectivity index (χ2v) is 8.47. The summed E-state index contributed by atoms with van der Waals surface area (Å²) in [6.45, 7) is 0.718. The average molecular weight is 547 g/mol. The predicted molar refractivity (Wildman–Crippen MR) is 150 cm³/mol. The van der Waals surface area contributed by atoms with E-state index in [0.717, 1.165) is 11.4 Å². The van der Waals surface area contributed by atoms with Crippen LogP contribution in [0.2, 0.25) is 0 Å². The molecule has 10 nitrogen and oxygen atoms in total. The maximum atomic E-state index is 11.3. The summed E-state index contributed by atoms with van der Waals surface area (Å²) in [6, 6.07) is 22.3. The molecule has 0 aliphatic carbocycles. The smallest absolute Gasteiger partial charge is 0.337 e. The van der Waals surface area contributed by atoms with Gasteiger partial charge in [0.25, 0.3) is 0 Å². The zero-order chi connectivity index (χ0) is 29.1. The van der Waals surface area contributed by atoms with E-state index >= 15 is 0 Å². The fraction of sp³-hybridized carbons (Fsp3) is 0.133. The molecule has 6 N–H and O–H groups in total. The number of aromatic hydroxyl groups is 4. The third-order valence-corrected chi connectivity index (χ3v) is 5.70. The normalized spacial score (nSPS) is 10.1. The minimum atomic E-state index is -0.387. The van der Waals surface area contributed by atoms with Gasteiger partial charge in [-0.2, -0.15) is 0 Å². The van der Waals surface area contributed by atoms with Gasteiger partial charge in [0.2, 0.25) is 0 Å². The lowest BCUT2D eigenvalue weighted by Crippen LogP contribution is -2.02. The van der Waals surface area contributed by atoms with E-state index in [2.05, 4.69) is 20.1 Å². The highest BCUT2D eigenvalue weighted by atomic mass is 16.5. The Morgan fingerprint density at radius 1 is 0.575 bits per heavy atom. The number of benzene rings is 4. The van der Waals surface area contributed by atoms with Crippen molar-refractivity contribution in [1.82, 2.24) is 0 Å². The highest BCUT2D eigenvalue weighted by Crippen LogP contribution is 2.24. The Morgan fingerprint density at radius 3 is 1.25 bits per heavy atom. The van der Waals surface area contributed by atoms with Crippen LogP contribution >= 0.6 is 0 Å². The van der Waals surface area contributed by atoms with Gasteiger partial charge in [-0.25, -0.2) is 9.59 Å². The molecule has 0 saturated carbocycles. The molecule has 0 aliphatic rings. The molecule has 0 aliphatic heterocycles. The number of nitrogens with one attached hydrogen (secondary N) is 2. The highest BCUT2D eigenvalue weighted by molar-refractivity contribution is 5.90. The van der Waals surface area contributed by atoms with Crippen molar-refractivity contribution in [2.24, 2.45) is 0 Å². The molecular weight excluding hydrogens is 516 g/mol. The van der Waals surface area contributed by atoms with Gasteiger partial charge < -0.3 is 40.5 Å². The van der Waals surface area contributed by atoms with Gasteiger partial charge in [0.05, 0.1) is 25.3 Å². The molecule has 0 heterocycles. The van der Waals surface area contributed by atoms with E-state index in [-0.39, 0.29) is 34.9 Å². The SMILES string of the molecule is COC(=O)c1ccc(NCc2cc(O)ccc2O)cc1.COC(=O)c1ccc(NCc2cc(O)ccc2O)cc1. The molecule has 40 heavy (non-hydrogen) atoms. The molecule has 208 valence electrons. The Bertz CT molecular complexity index is 1330. The van der Waals surface area contributed by atoms with Crippen LogP contribution < -0.4 is 10.6 Å². The summed E-state index contributed by atoms with van der Waals surface area (Å²) in [5, 5.41) is 44.2.